The van der Waals surface area contributed by atoms with Crippen LogP contribution in [0.2, 0.25) is 0 Å². The summed E-state index contributed by atoms with van der Waals surface area (Å²) in [5.41, 5.74) is -0.454. The van der Waals surface area contributed by atoms with Crippen molar-refractivity contribution < 1.29 is 19.3 Å². The summed E-state index contributed by atoms with van der Waals surface area (Å²) in [4.78, 5) is 22.3. The largest absolute Gasteiger partial charge is 0.459 e. The van der Waals surface area contributed by atoms with E-state index in [4.69, 9.17) is 14.5 Å². The zero-order chi connectivity index (χ0) is 15.3. The summed E-state index contributed by atoms with van der Waals surface area (Å²) in [5.74, 6) is -0.377. The van der Waals surface area contributed by atoms with Crippen molar-refractivity contribution in [1.82, 2.24) is 0 Å². The first-order valence-electron chi connectivity index (χ1n) is 6.72. The lowest BCUT2D eigenvalue weighted by Crippen LogP contribution is -2.35. The fraction of sp³-hybridized carbons (Fsp3) is 0.800. The second-order valence-corrected chi connectivity index (χ2v) is 6.24. The molecule has 0 saturated heterocycles. The van der Waals surface area contributed by atoms with Gasteiger partial charge in [-0.05, 0) is 48.0 Å². The molecule has 0 amide bonds. The van der Waals surface area contributed by atoms with Gasteiger partial charge < -0.3 is 4.74 Å². The third-order valence-corrected chi connectivity index (χ3v) is 2.78. The van der Waals surface area contributed by atoms with Crippen molar-refractivity contribution in [2.45, 2.75) is 78.6 Å². The zero-order valence-electron chi connectivity index (χ0n) is 13.3. The Morgan fingerprint density at radius 2 is 1.63 bits per heavy atom. The van der Waals surface area contributed by atoms with Gasteiger partial charge in [-0.1, -0.05) is 13.5 Å². The Bertz CT molecular complexity index is 318. The highest BCUT2D eigenvalue weighted by atomic mass is 17.2. The second-order valence-electron chi connectivity index (χ2n) is 6.24. The summed E-state index contributed by atoms with van der Waals surface area (Å²) in [6, 6.07) is 0. The normalized spacial score (nSPS) is 14.1. The van der Waals surface area contributed by atoms with Crippen LogP contribution in [-0.4, -0.2) is 23.3 Å². The zero-order valence-corrected chi connectivity index (χ0v) is 13.3. The van der Waals surface area contributed by atoms with Gasteiger partial charge in [-0.25, -0.2) is 14.6 Å². The van der Waals surface area contributed by atoms with Crippen LogP contribution in [0.1, 0.15) is 61.3 Å². The topological polar surface area (TPSA) is 44.8 Å². The molecular formula is C15H28O4. The highest BCUT2D eigenvalue weighted by molar-refractivity contribution is 5.87. The molecule has 0 bridgehead atoms. The van der Waals surface area contributed by atoms with Crippen molar-refractivity contribution >= 4 is 5.97 Å². The molecule has 0 aliphatic carbocycles. The molecule has 112 valence electrons. The lowest BCUT2D eigenvalue weighted by atomic mass is 10.0. The predicted octanol–water partition coefficient (Wildman–Crippen LogP) is 3.80. The fourth-order valence-corrected chi connectivity index (χ4v) is 1.34. The van der Waals surface area contributed by atoms with Crippen molar-refractivity contribution in [1.29, 1.82) is 0 Å². The molecule has 0 spiro atoms. The molecule has 0 aromatic heterocycles. The molecule has 0 aliphatic rings. The number of hydrogen-bond acceptors (Lipinski definition) is 4. The van der Waals surface area contributed by atoms with Crippen LogP contribution >= 0.6 is 0 Å². The molecule has 1 unspecified atom stereocenters. The summed E-state index contributed by atoms with van der Waals surface area (Å²) in [6.45, 7) is 16.8. The molecule has 0 fully saturated rings. The molecule has 4 heteroatoms. The standard InChI is InChI=1S/C15H28O4/c1-9-14(5,6)18-19-15(7,8)10-12(4)17-13(16)11(2)3/h12H,2,9-10H2,1,3-8H3. The third kappa shape index (κ3) is 8.01. The van der Waals surface area contributed by atoms with Crippen LogP contribution in [0.5, 0.6) is 0 Å². The van der Waals surface area contributed by atoms with Crippen LogP contribution in [0, 0.1) is 0 Å². The van der Waals surface area contributed by atoms with Crippen LogP contribution in [0.25, 0.3) is 0 Å². The van der Waals surface area contributed by atoms with E-state index in [2.05, 4.69) is 6.58 Å². The third-order valence-electron chi connectivity index (χ3n) is 2.78. The Balaban J connectivity index is 4.28. The molecule has 4 nitrogen and oxygen atoms in total. The number of esters is 1. The van der Waals surface area contributed by atoms with E-state index in [1.54, 1.807) is 6.92 Å². The second kappa shape index (κ2) is 7.06. The van der Waals surface area contributed by atoms with E-state index < -0.39 is 5.60 Å². The maximum atomic E-state index is 11.4. The SMILES string of the molecule is C=C(C)C(=O)OC(C)CC(C)(C)OOC(C)(C)CC. The Morgan fingerprint density at radius 3 is 2.05 bits per heavy atom. The minimum atomic E-state index is -0.527. The molecule has 0 radical (unpaired) electrons. The van der Waals surface area contributed by atoms with Crippen LogP contribution in [0.15, 0.2) is 12.2 Å². The number of hydrogen-bond donors (Lipinski definition) is 0. The maximum Gasteiger partial charge on any atom is 0.333 e. The van der Waals surface area contributed by atoms with Crippen molar-refractivity contribution in [3.63, 3.8) is 0 Å². The van der Waals surface area contributed by atoms with Gasteiger partial charge in [0.15, 0.2) is 0 Å². The number of ether oxygens (including phenoxy) is 1. The number of carbonyl (C=O) groups excluding carboxylic acids is 1. The van der Waals surface area contributed by atoms with Crippen molar-refractivity contribution in [3.05, 3.63) is 12.2 Å². The maximum absolute atomic E-state index is 11.4. The molecule has 19 heavy (non-hydrogen) atoms. The van der Waals surface area contributed by atoms with Gasteiger partial charge >= 0.3 is 5.97 Å². The van der Waals surface area contributed by atoms with Crippen LogP contribution in [0.4, 0.5) is 0 Å². The molecule has 0 heterocycles. The minimum absolute atomic E-state index is 0.257. The van der Waals surface area contributed by atoms with Gasteiger partial charge in [-0.3, -0.25) is 0 Å². The minimum Gasteiger partial charge on any atom is -0.459 e. The van der Waals surface area contributed by atoms with E-state index >= 15 is 0 Å². The van der Waals surface area contributed by atoms with Crippen LogP contribution < -0.4 is 0 Å². The lowest BCUT2D eigenvalue weighted by Gasteiger charge is -2.31. The van der Waals surface area contributed by atoms with Gasteiger partial charge in [0, 0.05) is 12.0 Å². The summed E-state index contributed by atoms with van der Waals surface area (Å²) < 4.78 is 5.23. The average Bonchev–Trinajstić information content (AvgIpc) is 2.25. The summed E-state index contributed by atoms with van der Waals surface area (Å²) >= 11 is 0. The van der Waals surface area contributed by atoms with E-state index in [1.165, 1.54) is 0 Å². The van der Waals surface area contributed by atoms with E-state index in [-0.39, 0.29) is 17.7 Å². The van der Waals surface area contributed by atoms with Gasteiger partial charge in [0.05, 0.1) is 5.60 Å². The summed E-state index contributed by atoms with van der Waals surface area (Å²) in [7, 11) is 0. The van der Waals surface area contributed by atoms with Crippen LogP contribution in [0.3, 0.4) is 0 Å². The summed E-state index contributed by atoms with van der Waals surface area (Å²) in [5, 5.41) is 0. The van der Waals surface area contributed by atoms with Gasteiger partial charge in [-0.15, -0.1) is 0 Å². The van der Waals surface area contributed by atoms with Crippen molar-refractivity contribution in [2.24, 2.45) is 0 Å². The molecule has 0 aromatic rings. The fourth-order valence-electron chi connectivity index (χ4n) is 1.34. The Labute approximate surface area is 117 Å². The first kappa shape index (κ1) is 18.1. The van der Waals surface area contributed by atoms with Gasteiger partial charge in [0.2, 0.25) is 0 Å². The molecule has 0 saturated carbocycles. The van der Waals surface area contributed by atoms with Gasteiger partial charge in [0.25, 0.3) is 0 Å². The lowest BCUT2D eigenvalue weighted by molar-refractivity contribution is -0.403. The van der Waals surface area contributed by atoms with Gasteiger partial charge in [-0.2, -0.15) is 0 Å². The molecule has 0 rings (SSSR count). The number of carbonyl (C=O) groups is 1. The molecular weight excluding hydrogens is 244 g/mol. The highest BCUT2D eigenvalue weighted by Gasteiger charge is 2.28. The first-order chi connectivity index (χ1) is 8.49. The van der Waals surface area contributed by atoms with Crippen LogP contribution in [-0.2, 0) is 19.3 Å². The number of rotatable bonds is 8. The van der Waals surface area contributed by atoms with Gasteiger partial charge in [0.1, 0.15) is 11.7 Å². The molecule has 0 aromatic carbocycles. The summed E-state index contributed by atoms with van der Waals surface area (Å²) in [6.07, 6.45) is 1.14. The monoisotopic (exact) mass is 272 g/mol. The average molecular weight is 272 g/mol. The smallest absolute Gasteiger partial charge is 0.333 e. The van der Waals surface area contributed by atoms with Crippen molar-refractivity contribution in [2.75, 3.05) is 0 Å². The van der Waals surface area contributed by atoms with Crippen molar-refractivity contribution in [3.8, 4) is 0 Å². The quantitative estimate of drug-likeness (QED) is 0.292. The first-order valence-corrected chi connectivity index (χ1v) is 6.72. The van der Waals surface area contributed by atoms with E-state index in [1.807, 2.05) is 41.5 Å². The van der Waals surface area contributed by atoms with E-state index in [9.17, 15) is 4.79 Å². The Hall–Kier alpha value is -0.870. The van der Waals surface area contributed by atoms with E-state index in [0.717, 1.165) is 6.42 Å². The Morgan fingerprint density at radius 1 is 1.16 bits per heavy atom. The highest BCUT2D eigenvalue weighted by Crippen LogP contribution is 2.24. The Kier molecular flexibility index (Phi) is 6.73. The molecule has 0 N–H and O–H groups in total. The molecule has 0 aliphatic heterocycles. The van der Waals surface area contributed by atoms with E-state index in [0.29, 0.717) is 12.0 Å². The predicted molar refractivity (Wildman–Crippen MR) is 75.6 cm³/mol. The molecule has 1 atom stereocenters.